The molecule has 0 spiro atoms. The Hall–Kier alpha value is -1.23. The number of para-hydroxylation sites is 1. The maximum atomic E-state index is 13.0. The van der Waals surface area contributed by atoms with Gasteiger partial charge in [0.15, 0.2) is 0 Å². The second kappa shape index (κ2) is 5.04. The minimum atomic E-state index is -4.30. The molecule has 1 saturated heterocycles. The summed E-state index contributed by atoms with van der Waals surface area (Å²) < 4.78 is 39.1. The number of benzene rings is 1. The fourth-order valence-electron chi connectivity index (χ4n) is 2.59. The van der Waals surface area contributed by atoms with Crippen molar-refractivity contribution < 1.29 is 13.2 Å². The number of rotatable bonds is 1. The van der Waals surface area contributed by atoms with Crippen LogP contribution in [-0.4, -0.2) is 37.1 Å². The summed E-state index contributed by atoms with van der Waals surface area (Å²) in [6, 6.07) is 6.31. The van der Waals surface area contributed by atoms with Gasteiger partial charge >= 0.3 is 6.18 Å². The zero-order chi connectivity index (χ0) is 14.2. The van der Waals surface area contributed by atoms with Crippen molar-refractivity contribution in [1.82, 2.24) is 4.90 Å². The summed E-state index contributed by atoms with van der Waals surface area (Å²) in [6.45, 7) is 5.32. The summed E-state index contributed by atoms with van der Waals surface area (Å²) in [5.74, 6) is 0. The summed E-state index contributed by atoms with van der Waals surface area (Å²) in [7, 11) is 2.02. The van der Waals surface area contributed by atoms with Crippen molar-refractivity contribution in [1.29, 1.82) is 0 Å². The number of hydrogen-bond donors (Lipinski definition) is 0. The van der Waals surface area contributed by atoms with Gasteiger partial charge in [-0.3, -0.25) is 4.90 Å². The molecular formula is C14H19F3N2. The van der Waals surface area contributed by atoms with Crippen LogP contribution in [0.25, 0.3) is 0 Å². The molecule has 1 fully saturated rings. The van der Waals surface area contributed by atoms with E-state index < -0.39 is 11.7 Å². The van der Waals surface area contributed by atoms with Gasteiger partial charge in [-0.05, 0) is 33.0 Å². The topological polar surface area (TPSA) is 6.48 Å². The van der Waals surface area contributed by atoms with Gasteiger partial charge in [-0.25, -0.2) is 0 Å². The lowest BCUT2D eigenvalue weighted by Crippen LogP contribution is -2.55. The highest BCUT2D eigenvalue weighted by Crippen LogP contribution is 2.37. The Balaban J connectivity index is 2.33. The van der Waals surface area contributed by atoms with E-state index in [1.165, 1.54) is 6.07 Å². The molecule has 1 aliphatic heterocycles. The summed E-state index contributed by atoms with van der Waals surface area (Å²) in [4.78, 5) is 4.05. The molecule has 0 radical (unpaired) electrons. The molecule has 5 heteroatoms. The van der Waals surface area contributed by atoms with Gasteiger partial charge < -0.3 is 4.90 Å². The number of nitrogens with zero attached hydrogens (tertiary/aromatic N) is 2. The predicted molar refractivity (Wildman–Crippen MR) is 70.3 cm³/mol. The number of piperazine rings is 1. The van der Waals surface area contributed by atoms with E-state index in [9.17, 15) is 13.2 Å². The van der Waals surface area contributed by atoms with Crippen LogP contribution in [-0.2, 0) is 6.18 Å². The molecule has 0 aliphatic carbocycles. The van der Waals surface area contributed by atoms with Crippen molar-refractivity contribution in [3.8, 4) is 0 Å². The van der Waals surface area contributed by atoms with Gasteiger partial charge in [0.2, 0.25) is 0 Å². The Morgan fingerprint density at radius 2 is 1.58 bits per heavy atom. The highest BCUT2D eigenvalue weighted by atomic mass is 19.4. The van der Waals surface area contributed by atoms with Crippen LogP contribution in [0.3, 0.4) is 0 Å². The average Bonchev–Trinajstić information content (AvgIpc) is 2.34. The van der Waals surface area contributed by atoms with Gasteiger partial charge in [-0.1, -0.05) is 12.1 Å². The van der Waals surface area contributed by atoms with Crippen molar-refractivity contribution in [2.45, 2.75) is 32.1 Å². The molecule has 19 heavy (non-hydrogen) atoms. The quantitative estimate of drug-likeness (QED) is 0.774. The first-order chi connectivity index (χ1) is 8.80. The molecule has 0 aromatic heterocycles. The number of likely N-dealkylation sites (N-methyl/N-ethyl adjacent to an activating group) is 1. The van der Waals surface area contributed by atoms with Crippen molar-refractivity contribution in [3.63, 3.8) is 0 Å². The first kappa shape index (κ1) is 14.2. The average molecular weight is 272 g/mol. The highest BCUT2D eigenvalue weighted by molar-refractivity contribution is 5.55. The molecule has 106 valence electrons. The normalized spacial score (nSPS) is 25.7. The molecule has 1 aliphatic rings. The van der Waals surface area contributed by atoms with Crippen molar-refractivity contribution in [2.24, 2.45) is 0 Å². The Bertz CT molecular complexity index is 433. The number of anilines is 1. The first-order valence-electron chi connectivity index (χ1n) is 6.44. The van der Waals surface area contributed by atoms with E-state index in [0.29, 0.717) is 18.8 Å². The van der Waals surface area contributed by atoms with Gasteiger partial charge in [0.25, 0.3) is 0 Å². The Kier molecular flexibility index (Phi) is 3.76. The van der Waals surface area contributed by atoms with E-state index >= 15 is 0 Å². The Labute approximate surface area is 111 Å². The fraction of sp³-hybridized carbons (Fsp3) is 0.571. The monoisotopic (exact) mass is 272 g/mol. The van der Waals surface area contributed by atoms with Gasteiger partial charge in [0, 0.05) is 30.9 Å². The van der Waals surface area contributed by atoms with Crippen LogP contribution < -0.4 is 4.90 Å². The lowest BCUT2D eigenvalue weighted by Gasteiger charge is -2.44. The van der Waals surface area contributed by atoms with Crippen molar-refractivity contribution in [2.75, 3.05) is 25.0 Å². The lowest BCUT2D eigenvalue weighted by atomic mass is 10.1. The molecular weight excluding hydrogens is 253 g/mol. The van der Waals surface area contributed by atoms with Crippen LogP contribution in [0.4, 0.5) is 18.9 Å². The third-order valence-corrected chi connectivity index (χ3v) is 3.91. The largest absolute Gasteiger partial charge is 0.418 e. The maximum Gasteiger partial charge on any atom is 0.418 e. The SMILES string of the molecule is C[C@@H]1CN(c2ccccc2C(F)(F)F)C[C@H](C)N1C. The van der Waals surface area contributed by atoms with E-state index in [1.54, 1.807) is 12.1 Å². The summed E-state index contributed by atoms with van der Waals surface area (Å²) >= 11 is 0. The minimum absolute atomic E-state index is 0.241. The predicted octanol–water partition coefficient (Wildman–Crippen LogP) is 3.23. The zero-order valence-electron chi connectivity index (χ0n) is 11.4. The molecule has 2 rings (SSSR count). The van der Waals surface area contributed by atoms with Gasteiger partial charge in [0.1, 0.15) is 0 Å². The molecule has 1 aromatic carbocycles. The number of alkyl halides is 3. The van der Waals surface area contributed by atoms with E-state index in [1.807, 2.05) is 25.8 Å². The molecule has 0 unspecified atom stereocenters. The van der Waals surface area contributed by atoms with Gasteiger partial charge in [0.05, 0.1) is 5.56 Å². The highest BCUT2D eigenvalue weighted by Gasteiger charge is 2.36. The Morgan fingerprint density at radius 1 is 1.05 bits per heavy atom. The standard InChI is InChI=1S/C14H19F3N2/c1-10-8-19(9-11(2)18(10)3)13-7-5-4-6-12(13)14(15,16)17/h4-7,10-11H,8-9H2,1-3H3/t10-,11+. The summed E-state index contributed by atoms with van der Waals surface area (Å²) in [5, 5.41) is 0. The van der Waals surface area contributed by atoms with E-state index in [-0.39, 0.29) is 12.1 Å². The maximum absolute atomic E-state index is 13.0. The molecule has 0 amide bonds. The summed E-state index contributed by atoms with van der Waals surface area (Å²) in [5.41, 5.74) is -0.249. The molecule has 2 atom stereocenters. The molecule has 0 N–H and O–H groups in total. The fourth-order valence-corrected chi connectivity index (χ4v) is 2.59. The first-order valence-corrected chi connectivity index (χ1v) is 6.44. The van der Waals surface area contributed by atoms with Gasteiger partial charge in [-0.15, -0.1) is 0 Å². The van der Waals surface area contributed by atoms with E-state index in [2.05, 4.69) is 4.90 Å². The van der Waals surface area contributed by atoms with Crippen LogP contribution >= 0.6 is 0 Å². The second-order valence-corrected chi connectivity index (χ2v) is 5.28. The van der Waals surface area contributed by atoms with E-state index in [4.69, 9.17) is 0 Å². The smallest absolute Gasteiger partial charge is 0.368 e. The van der Waals surface area contributed by atoms with Crippen LogP contribution in [0.2, 0.25) is 0 Å². The molecule has 1 aromatic rings. The molecule has 2 nitrogen and oxygen atoms in total. The zero-order valence-corrected chi connectivity index (χ0v) is 11.4. The van der Waals surface area contributed by atoms with Crippen molar-refractivity contribution >= 4 is 5.69 Å². The van der Waals surface area contributed by atoms with Crippen LogP contribution in [0.15, 0.2) is 24.3 Å². The van der Waals surface area contributed by atoms with Crippen LogP contribution in [0.1, 0.15) is 19.4 Å². The minimum Gasteiger partial charge on any atom is -0.368 e. The second-order valence-electron chi connectivity index (χ2n) is 5.28. The molecule has 0 saturated carbocycles. The molecule has 1 heterocycles. The van der Waals surface area contributed by atoms with Gasteiger partial charge in [-0.2, -0.15) is 13.2 Å². The number of hydrogen-bond acceptors (Lipinski definition) is 2. The Morgan fingerprint density at radius 3 is 2.11 bits per heavy atom. The number of halogens is 3. The summed E-state index contributed by atoms with van der Waals surface area (Å²) in [6.07, 6.45) is -4.30. The van der Waals surface area contributed by atoms with Crippen LogP contribution in [0, 0.1) is 0 Å². The third-order valence-electron chi connectivity index (χ3n) is 3.91. The van der Waals surface area contributed by atoms with Crippen LogP contribution in [0.5, 0.6) is 0 Å². The third kappa shape index (κ3) is 2.86. The van der Waals surface area contributed by atoms with E-state index in [0.717, 1.165) is 6.07 Å². The lowest BCUT2D eigenvalue weighted by molar-refractivity contribution is -0.137. The van der Waals surface area contributed by atoms with Crippen molar-refractivity contribution in [3.05, 3.63) is 29.8 Å². The molecule has 0 bridgehead atoms.